The van der Waals surface area contributed by atoms with E-state index in [9.17, 15) is 18.7 Å². The zero-order valence-corrected chi connectivity index (χ0v) is 21.7. The Hall–Kier alpha value is -3.30. The second-order valence-electron chi connectivity index (χ2n) is 10.3. The third-order valence-corrected chi connectivity index (χ3v) is 6.18. The number of hydrogen-bond acceptors (Lipinski definition) is 5. The smallest absolute Gasteiger partial charge is 0.249 e. The van der Waals surface area contributed by atoms with E-state index in [1.807, 2.05) is 37.6 Å². The summed E-state index contributed by atoms with van der Waals surface area (Å²) in [5.41, 5.74) is 7.21. The highest BCUT2D eigenvalue weighted by atomic mass is 19.1. The average molecular weight is 515 g/mol. The molecule has 9 heteroatoms. The number of phenols is 1. The molecule has 2 aromatic carbocycles. The number of hydrogen-bond donors (Lipinski definition) is 3. The molecule has 0 bridgehead atoms. The molecule has 37 heavy (non-hydrogen) atoms. The minimum absolute atomic E-state index is 0.139. The van der Waals surface area contributed by atoms with Gasteiger partial charge in [0.1, 0.15) is 30.2 Å². The number of alkyl halides is 1. The summed E-state index contributed by atoms with van der Waals surface area (Å²) >= 11 is 0. The number of nitrogens with one attached hydrogen (secondary N) is 1. The Bertz CT molecular complexity index is 1190. The van der Waals surface area contributed by atoms with Crippen LogP contribution in [-0.2, 0) is 16.1 Å². The first-order valence-electron chi connectivity index (χ1n) is 12.3. The molecule has 0 radical (unpaired) electrons. The van der Waals surface area contributed by atoms with Crippen LogP contribution in [-0.4, -0.2) is 46.5 Å². The first-order chi connectivity index (χ1) is 17.5. The molecule has 1 unspecified atom stereocenters. The lowest BCUT2D eigenvalue weighted by Crippen LogP contribution is -2.44. The van der Waals surface area contributed by atoms with Crippen LogP contribution >= 0.6 is 0 Å². The summed E-state index contributed by atoms with van der Waals surface area (Å²) in [6, 6.07) is 11.8. The zero-order chi connectivity index (χ0) is 27.2. The highest BCUT2D eigenvalue weighted by molar-refractivity contribution is 5.81. The van der Waals surface area contributed by atoms with E-state index in [0.29, 0.717) is 30.0 Å². The fraction of sp³-hybridized carbons (Fsp3) is 0.429. The fourth-order valence-electron chi connectivity index (χ4n) is 4.13. The average Bonchev–Trinajstić information content (AvgIpc) is 3.25. The lowest BCUT2D eigenvalue weighted by molar-refractivity contribution is -0.133. The number of amides is 1. The predicted molar refractivity (Wildman–Crippen MR) is 139 cm³/mol. The minimum Gasteiger partial charge on any atom is -0.508 e. The molecular weight excluding hydrogens is 478 g/mol. The summed E-state index contributed by atoms with van der Waals surface area (Å²) < 4.78 is 34.1. The van der Waals surface area contributed by atoms with Crippen molar-refractivity contribution in [3.63, 3.8) is 0 Å². The molecule has 0 fully saturated rings. The van der Waals surface area contributed by atoms with Crippen LogP contribution in [0.2, 0.25) is 0 Å². The number of rotatable bonds is 11. The number of nitrogens with two attached hydrogens (primary N) is 1. The van der Waals surface area contributed by atoms with E-state index in [4.69, 9.17) is 15.5 Å². The summed E-state index contributed by atoms with van der Waals surface area (Å²) in [6.45, 7) is 5.64. The van der Waals surface area contributed by atoms with Crippen molar-refractivity contribution >= 4 is 5.91 Å². The number of ether oxygens (including phenoxy) is 1. The molecule has 0 saturated heterocycles. The Kier molecular flexibility index (Phi) is 9.39. The van der Waals surface area contributed by atoms with E-state index in [1.165, 1.54) is 19.2 Å². The first kappa shape index (κ1) is 28.3. The number of nitrogens with zero attached hydrogens (tertiary/aromatic N) is 2. The Morgan fingerprint density at radius 2 is 1.92 bits per heavy atom. The largest absolute Gasteiger partial charge is 0.508 e. The quantitative estimate of drug-likeness (QED) is 0.343. The van der Waals surface area contributed by atoms with Crippen LogP contribution in [0.1, 0.15) is 51.0 Å². The van der Waals surface area contributed by atoms with Crippen LogP contribution in [0.15, 0.2) is 54.7 Å². The second-order valence-corrected chi connectivity index (χ2v) is 10.3. The van der Waals surface area contributed by atoms with Crippen LogP contribution < -0.4 is 11.1 Å². The summed E-state index contributed by atoms with van der Waals surface area (Å²) in [6.07, 6.45) is 1.59. The molecule has 7 nitrogen and oxygen atoms in total. The molecule has 1 aromatic heterocycles. The number of carbonyl (C=O) groups is 1. The van der Waals surface area contributed by atoms with Crippen molar-refractivity contribution in [2.75, 3.05) is 13.8 Å². The van der Waals surface area contributed by atoms with Gasteiger partial charge >= 0.3 is 0 Å². The van der Waals surface area contributed by atoms with Crippen molar-refractivity contribution in [2.24, 2.45) is 11.1 Å². The SMILES string of the molecule is COC(CC[C@H](N)CF)C(=O)N[C@@H](c1nc(-c2cccc(F)c2)cn1Cc1cccc(O)c1)C(C)(C)C. The molecule has 3 rings (SSSR count). The zero-order valence-electron chi connectivity index (χ0n) is 21.7. The van der Waals surface area contributed by atoms with Crippen LogP contribution in [0, 0.1) is 11.2 Å². The topological polar surface area (TPSA) is 102 Å². The van der Waals surface area contributed by atoms with Crippen molar-refractivity contribution in [1.82, 2.24) is 14.9 Å². The van der Waals surface area contributed by atoms with E-state index < -0.39 is 30.3 Å². The van der Waals surface area contributed by atoms with E-state index in [1.54, 1.807) is 30.3 Å². The van der Waals surface area contributed by atoms with Gasteiger partial charge in [0, 0.05) is 31.5 Å². The van der Waals surface area contributed by atoms with Gasteiger partial charge in [-0.2, -0.15) is 0 Å². The van der Waals surface area contributed by atoms with Crippen molar-refractivity contribution in [1.29, 1.82) is 0 Å². The molecule has 0 saturated carbocycles. The van der Waals surface area contributed by atoms with Gasteiger partial charge in [-0.15, -0.1) is 0 Å². The van der Waals surface area contributed by atoms with Gasteiger partial charge in [0.25, 0.3) is 0 Å². The third kappa shape index (κ3) is 7.60. The molecule has 1 heterocycles. The normalized spacial score (nSPS) is 14.2. The summed E-state index contributed by atoms with van der Waals surface area (Å²) in [4.78, 5) is 18.1. The number of imidazole rings is 1. The number of methoxy groups -OCH3 is 1. The molecular formula is C28H36F2N4O3. The maximum absolute atomic E-state index is 14.0. The standard InChI is InChI=1S/C28H36F2N4O3/c1-28(2,3)25(33-27(36)24(37-4)12-11-21(31)15-29)26-32-23(19-8-6-9-20(30)14-19)17-34(26)16-18-7-5-10-22(35)13-18/h5-10,13-14,17,21,24-25,35H,11-12,15-16,31H2,1-4H3,(H,33,36)/t21-,24?,25-/m0/s1. The Morgan fingerprint density at radius 3 is 2.54 bits per heavy atom. The van der Waals surface area contributed by atoms with E-state index in [2.05, 4.69) is 5.32 Å². The fourth-order valence-corrected chi connectivity index (χ4v) is 4.13. The van der Waals surface area contributed by atoms with Crippen LogP contribution in [0.4, 0.5) is 8.78 Å². The molecule has 3 atom stereocenters. The van der Waals surface area contributed by atoms with Crippen LogP contribution in [0.3, 0.4) is 0 Å². The molecule has 200 valence electrons. The van der Waals surface area contributed by atoms with Gasteiger partial charge in [0.15, 0.2) is 0 Å². The number of phenolic OH excluding ortho intramolecular Hbond substituents is 1. The molecule has 0 spiro atoms. The van der Waals surface area contributed by atoms with Crippen molar-refractivity contribution in [2.45, 2.75) is 58.3 Å². The van der Waals surface area contributed by atoms with E-state index >= 15 is 0 Å². The number of carbonyl (C=O) groups excluding carboxylic acids is 1. The minimum atomic E-state index is -0.806. The van der Waals surface area contributed by atoms with Gasteiger partial charge in [-0.3, -0.25) is 4.79 Å². The maximum atomic E-state index is 14.0. The first-order valence-corrected chi connectivity index (χ1v) is 12.3. The molecule has 3 aromatic rings. The number of aromatic nitrogens is 2. The van der Waals surface area contributed by atoms with Gasteiger partial charge in [-0.1, -0.05) is 45.0 Å². The highest BCUT2D eigenvalue weighted by Gasteiger charge is 2.34. The van der Waals surface area contributed by atoms with Crippen LogP contribution in [0.5, 0.6) is 5.75 Å². The van der Waals surface area contributed by atoms with Crippen molar-refractivity contribution in [3.05, 3.63) is 71.9 Å². The molecule has 0 aliphatic heterocycles. The Balaban J connectivity index is 2.01. The Labute approximate surface area is 216 Å². The third-order valence-electron chi connectivity index (χ3n) is 6.18. The predicted octanol–water partition coefficient (Wildman–Crippen LogP) is 4.74. The second kappa shape index (κ2) is 12.3. The molecule has 1 amide bonds. The van der Waals surface area contributed by atoms with Gasteiger partial charge < -0.3 is 25.5 Å². The van der Waals surface area contributed by atoms with Gasteiger partial charge in [-0.05, 0) is 48.1 Å². The lowest BCUT2D eigenvalue weighted by atomic mass is 9.85. The maximum Gasteiger partial charge on any atom is 0.249 e. The number of halogens is 2. The van der Waals surface area contributed by atoms with Gasteiger partial charge in [0.05, 0.1) is 11.7 Å². The van der Waals surface area contributed by atoms with Crippen molar-refractivity contribution in [3.8, 4) is 17.0 Å². The van der Waals surface area contributed by atoms with E-state index in [-0.39, 0.29) is 23.9 Å². The summed E-state index contributed by atoms with van der Waals surface area (Å²) in [5, 5.41) is 13.0. The van der Waals surface area contributed by atoms with Gasteiger partial charge in [0.2, 0.25) is 5.91 Å². The summed E-state index contributed by atoms with van der Waals surface area (Å²) in [7, 11) is 1.43. The van der Waals surface area contributed by atoms with Crippen LogP contribution in [0.25, 0.3) is 11.3 Å². The lowest BCUT2D eigenvalue weighted by Gasteiger charge is -2.32. The van der Waals surface area contributed by atoms with Crippen molar-refractivity contribution < 1.29 is 23.4 Å². The Morgan fingerprint density at radius 1 is 1.19 bits per heavy atom. The molecule has 0 aliphatic carbocycles. The highest BCUT2D eigenvalue weighted by Crippen LogP contribution is 2.35. The molecule has 4 N–H and O–H groups in total. The summed E-state index contributed by atoms with van der Waals surface area (Å²) in [5.74, 6) is -0.0252. The van der Waals surface area contributed by atoms with Gasteiger partial charge in [-0.25, -0.2) is 13.8 Å². The number of benzene rings is 2. The molecule has 0 aliphatic rings. The van der Waals surface area contributed by atoms with E-state index in [0.717, 1.165) is 5.56 Å². The number of aromatic hydroxyl groups is 1. The monoisotopic (exact) mass is 514 g/mol.